The van der Waals surface area contributed by atoms with Crippen molar-refractivity contribution in [3.05, 3.63) is 65.2 Å². The highest BCUT2D eigenvalue weighted by molar-refractivity contribution is 8.00. The summed E-state index contributed by atoms with van der Waals surface area (Å²) >= 11 is 1.34. The van der Waals surface area contributed by atoms with Gasteiger partial charge in [0.15, 0.2) is 0 Å². The number of hydrogen-bond donors (Lipinski definition) is 0. The predicted molar refractivity (Wildman–Crippen MR) is 114 cm³/mol. The number of nitriles is 1. The number of benzene rings is 2. The van der Waals surface area contributed by atoms with E-state index in [2.05, 4.69) is 43.1 Å². The largest absolute Gasteiger partial charge is 0.308 e. The second-order valence-corrected chi connectivity index (χ2v) is 8.03. The van der Waals surface area contributed by atoms with Gasteiger partial charge in [0.25, 0.3) is 0 Å². The number of para-hydroxylation sites is 1. The van der Waals surface area contributed by atoms with Crippen LogP contribution in [0.25, 0.3) is 10.9 Å². The molecule has 0 saturated carbocycles. The zero-order chi connectivity index (χ0) is 19.7. The van der Waals surface area contributed by atoms with Crippen LogP contribution in [0.1, 0.15) is 30.5 Å². The average Bonchev–Trinajstić information content (AvgIpc) is 3.06. The number of thioether (sulfide) groups is 1. The summed E-state index contributed by atoms with van der Waals surface area (Å²) in [5, 5.41) is 11.1. The number of aromatic nitrogens is 1. The molecule has 1 amide bonds. The molecule has 4 nitrogen and oxygen atoms in total. The van der Waals surface area contributed by atoms with Gasteiger partial charge in [-0.1, -0.05) is 43.0 Å². The molecule has 0 aliphatic carbocycles. The van der Waals surface area contributed by atoms with Crippen LogP contribution in [0.3, 0.4) is 0 Å². The Bertz CT molecular complexity index is 1100. The quantitative estimate of drug-likeness (QED) is 0.607. The first-order chi connectivity index (χ1) is 13.6. The van der Waals surface area contributed by atoms with E-state index in [1.165, 1.54) is 22.9 Å². The van der Waals surface area contributed by atoms with Crippen LogP contribution in [0.15, 0.2) is 53.6 Å². The first-order valence-electron chi connectivity index (χ1n) is 9.47. The van der Waals surface area contributed by atoms with Gasteiger partial charge < -0.3 is 4.90 Å². The minimum atomic E-state index is 0.0505. The van der Waals surface area contributed by atoms with Crippen LogP contribution in [0.2, 0.25) is 0 Å². The van der Waals surface area contributed by atoms with E-state index in [9.17, 15) is 10.1 Å². The third-order valence-electron chi connectivity index (χ3n) is 5.18. The molecule has 0 bridgehead atoms. The van der Waals surface area contributed by atoms with Crippen molar-refractivity contribution in [3.63, 3.8) is 0 Å². The van der Waals surface area contributed by atoms with Crippen molar-refractivity contribution in [2.45, 2.75) is 37.8 Å². The number of pyridine rings is 1. The lowest BCUT2D eigenvalue weighted by Crippen LogP contribution is -2.37. The van der Waals surface area contributed by atoms with Crippen molar-refractivity contribution < 1.29 is 4.79 Å². The van der Waals surface area contributed by atoms with E-state index in [1.54, 1.807) is 0 Å². The van der Waals surface area contributed by atoms with Crippen molar-refractivity contribution in [2.24, 2.45) is 0 Å². The van der Waals surface area contributed by atoms with Gasteiger partial charge in [0.05, 0.1) is 16.8 Å². The van der Waals surface area contributed by atoms with Crippen LogP contribution in [-0.2, 0) is 17.6 Å². The number of amides is 1. The summed E-state index contributed by atoms with van der Waals surface area (Å²) in [7, 11) is 0. The molecule has 0 fully saturated rings. The molecular formula is C23H21N3OS. The highest BCUT2D eigenvalue weighted by Crippen LogP contribution is 2.33. The number of anilines is 1. The Labute approximate surface area is 169 Å². The molecular weight excluding hydrogens is 366 g/mol. The van der Waals surface area contributed by atoms with E-state index in [0.29, 0.717) is 10.6 Å². The number of carbonyl (C=O) groups is 1. The van der Waals surface area contributed by atoms with E-state index in [1.807, 2.05) is 35.2 Å². The van der Waals surface area contributed by atoms with Crippen molar-refractivity contribution in [1.82, 2.24) is 4.98 Å². The van der Waals surface area contributed by atoms with Crippen LogP contribution in [0, 0.1) is 11.3 Å². The van der Waals surface area contributed by atoms with Gasteiger partial charge in [-0.05, 0) is 55.2 Å². The number of carbonyl (C=O) groups excluding carboxylic acids is 1. The van der Waals surface area contributed by atoms with Crippen LogP contribution in [0.5, 0.6) is 0 Å². The fourth-order valence-corrected chi connectivity index (χ4v) is 4.59. The summed E-state index contributed by atoms with van der Waals surface area (Å²) in [6.07, 6.45) is 1.82. The van der Waals surface area contributed by atoms with Crippen molar-refractivity contribution >= 4 is 34.3 Å². The third-order valence-corrected chi connectivity index (χ3v) is 6.16. The number of fused-ring (bicyclic) bond motifs is 2. The number of rotatable bonds is 4. The van der Waals surface area contributed by atoms with Gasteiger partial charge in [-0.15, -0.1) is 0 Å². The normalized spacial score (nSPS) is 15.5. The molecule has 5 heteroatoms. The topological polar surface area (TPSA) is 57.0 Å². The zero-order valence-corrected chi connectivity index (χ0v) is 16.8. The minimum Gasteiger partial charge on any atom is -0.308 e. The maximum Gasteiger partial charge on any atom is 0.237 e. The molecule has 4 rings (SSSR count). The molecule has 2 aromatic carbocycles. The Balaban J connectivity index is 1.57. The SMILES string of the molecule is CCc1ccc2nc(SCC(=O)N3c4ccccc4C[C@@H]3C)c(C#N)cc2c1. The summed E-state index contributed by atoms with van der Waals surface area (Å²) in [6.45, 7) is 4.18. The zero-order valence-electron chi connectivity index (χ0n) is 16.0. The minimum absolute atomic E-state index is 0.0505. The van der Waals surface area contributed by atoms with Crippen molar-refractivity contribution in [1.29, 1.82) is 5.26 Å². The number of aryl methyl sites for hydroxylation is 1. The average molecular weight is 388 g/mol. The van der Waals surface area contributed by atoms with E-state index < -0.39 is 0 Å². The maximum absolute atomic E-state index is 12.9. The molecule has 0 spiro atoms. The van der Waals surface area contributed by atoms with Gasteiger partial charge in [-0.3, -0.25) is 4.79 Å². The second-order valence-electron chi connectivity index (χ2n) is 7.07. The molecule has 140 valence electrons. The Kier molecular flexibility index (Phi) is 5.06. The van der Waals surface area contributed by atoms with Gasteiger partial charge in [-0.2, -0.15) is 5.26 Å². The maximum atomic E-state index is 12.9. The van der Waals surface area contributed by atoms with E-state index >= 15 is 0 Å². The summed E-state index contributed by atoms with van der Waals surface area (Å²) in [5.74, 6) is 0.313. The fourth-order valence-electron chi connectivity index (χ4n) is 3.76. The van der Waals surface area contributed by atoms with Gasteiger partial charge in [0, 0.05) is 17.1 Å². The lowest BCUT2D eigenvalue weighted by atomic mass is 10.1. The van der Waals surface area contributed by atoms with E-state index in [-0.39, 0.29) is 17.7 Å². The summed E-state index contributed by atoms with van der Waals surface area (Å²) < 4.78 is 0. The highest BCUT2D eigenvalue weighted by atomic mass is 32.2. The fraction of sp³-hybridized carbons (Fsp3) is 0.261. The van der Waals surface area contributed by atoms with Crippen LogP contribution >= 0.6 is 11.8 Å². The van der Waals surface area contributed by atoms with Gasteiger partial charge in [-0.25, -0.2) is 4.98 Å². The molecule has 1 aliphatic rings. The Hall–Kier alpha value is -2.84. The summed E-state index contributed by atoms with van der Waals surface area (Å²) in [5.41, 5.74) is 4.80. The standard InChI is InChI=1S/C23H21N3OS/c1-3-16-8-9-20-18(11-16)12-19(13-24)23(25-20)28-14-22(27)26-15(2)10-17-6-4-5-7-21(17)26/h4-9,11-12,15H,3,10,14H2,1-2H3/t15-/m0/s1. The molecule has 0 radical (unpaired) electrons. The molecule has 28 heavy (non-hydrogen) atoms. The van der Waals surface area contributed by atoms with Gasteiger partial charge in [0.2, 0.25) is 5.91 Å². The first-order valence-corrected chi connectivity index (χ1v) is 10.5. The monoisotopic (exact) mass is 387 g/mol. The summed E-state index contributed by atoms with van der Waals surface area (Å²) in [6, 6.07) is 18.4. The summed E-state index contributed by atoms with van der Waals surface area (Å²) in [4.78, 5) is 19.5. The second kappa shape index (κ2) is 7.65. The van der Waals surface area contributed by atoms with Crippen molar-refractivity contribution in [3.8, 4) is 6.07 Å². The number of hydrogen-bond acceptors (Lipinski definition) is 4. The Morgan fingerprint density at radius 3 is 2.89 bits per heavy atom. The van der Waals surface area contributed by atoms with E-state index in [0.717, 1.165) is 29.4 Å². The predicted octanol–water partition coefficient (Wildman–Crippen LogP) is 4.74. The Morgan fingerprint density at radius 1 is 1.29 bits per heavy atom. The molecule has 1 aliphatic heterocycles. The number of nitrogens with zero attached hydrogens (tertiary/aromatic N) is 3. The molecule has 0 N–H and O–H groups in total. The Morgan fingerprint density at radius 2 is 2.11 bits per heavy atom. The molecule has 1 aromatic heterocycles. The first kappa shape index (κ1) is 18.5. The van der Waals surface area contributed by atoms with Crippen molar-refractivity contribution in [2.75, 3.05) is 10.7 Å². The lowest BCUT2D eigenvalue weighted by Gasteiger charge is -2.22. The lowest BCUT2D eigenvalue weighted by molar-refractivity contribution is -0.116. The van der Waals surface area contributed by atoms with Crippen LogP contribution < -0.4 is 4.90 Å². The molecule has 1 atom stereocenters. The molecule has 2 heterocycles. The smallest absolute Gasteiger partial charge is 0.237 e. The van der Waals surface area contributed by atoms with E-state index in [4.69, 9.17) is 0 Å². The van der Waals surface area contributed by atoms with Crippen LogP contribution in [0.4, 0.5) is 5.69 Å². The van der Waals surface area contributed by atoms with Gasteiger partial charge >= 0.3 is 0 Å². The molecule has 0 unspecified atom stereocenters. The molecule has 3 aromatic rings. The molecule has 0 saturated heterocycles. The van der Waals surface area contributed by atoms with Gasteiger partial charge in [0.1, 0.15) is 11.1 Å². The third kappa shape index (κ3) is 3.36. The highest BCUT2D eigenvalue weighted by Gasteiger charge is 2.30. The van der Waals surface area contributed by atoms with Crippen LogP contribution in [-0.4, -0.2) is 22.7 Å².